The van der Waals surface area contributed by atoms with Crippen molar-refractivity contribution >= 4 is 29.4 Å². The van der Waals surface area contributed by atoms with E-state index in [1.807, 2.05) is 12.3 Å². The number of carbonyl (C=O) groups excluding carboxylic acids is 2. The molecule has 2 aromatic carbocycles. The van der Waals surface area contributed by atoms with Crippen LogP contribution in [0.2, 0.25) is 0 Å². The average molecular weight is 353 g/mol. The summed E-state index contributed by atoms with van der Waals surface area (Å²) in [5.74, 6) is -2.38. The Balaban J connectivity index is 1.99. The van der Waals surface area contributed by atoms with E-state index in [4.69, 9.17) is 0 Å². The molecular weight excluding hydrogens is 338 g/mol. The summed E-state index contributed by atoms with van der Waals surface area (Å²) in [7, 11) is 0. The molecule has 0 heterocycles. The highest BCUT2D eigenvalue weighted by Crippen LogP contribution is 2.12. The minimum atomic E-state index is -1.05. The minimum Gasteiger partial charge on any atom is -0.507 e. The van der Waals surface area contributed by atoms with Gasteiger partial charge in [-0.3, -0.25) is 19.7 Å². The molecule has 1 amide bonds. The highest BCUT2D eigenvalue weighted by atomic mass is 16.6. The first-order chi connectivity index (χ1) is 12.4. The van der Waals surface area contributed by atoms with Crippen molar-refractivity contribution in [1.82, 2.24) is 5.43 Å². The lowest BCUT2D eigenvalue weighted by molar-refractivity contribution is -0.384. The predicted molar refractivity (Wildman–Crippen MR) is 95.6 cm³/mol. The molecule has 8 heteroatoms. The first-order valence-corrected chi connectivity index (χ1v) is 7.46. The van der Waals surface area contributed by atoms with Crippen LogP contribution < -0.4 is 5.43 Å². The third-order valence-electron chi connectivity index (χ3n) is 3.30. The Morgan fingerprint density at radius 3 is 2.54 bits per heavy atom. The summed E-state index contributed by atoms with van der Waals surface area (Å²) < 4.78 is 0. The van der Waals surface area contributed by atoms with E-state index in [0.717, 1.165) is 11.6 Å². The van der Waals surface area contributed by atoms with Crippen molar-refractivity contribution in [3.8, 4) is 0 Å². The Kier molecular flexibility index (Phi) is 5.94. The first-order valence-electron chi connectivity index (χ1n) is 7.46. The number of ketones is 1. The Labute approximate surface area is 148 Å². The molecule has 2 aromatic rings. The lowest BCUT2D eigenvalue weighted by Gasteiger charge is -2.01. The fraction of sp³-hybridized carbons (Fsp3) is 0.0556. The number of non-ortho nitro benzene ring substituents is 1. The second kappa shape index (κ2) is 8.34. The Morgan fingerprint density at radius 2 is 1.88 bits per heavy atom. The molecule has 0 bridgehead atoms. The van der Waals surface area contributed by atoms with Crippen molar-refractivity contribution in [3.63, 3.8) is 0 Å². The number of amides is 1. The van der Waals surface area contributed by atoms with E-state index in [1.54, 1.807) is 30.3 Å². The maximum absolute atomic E-state index is 11.8. The van der Waals surface area contributed by atoms with Gasteiger partial charge in [0, 0.05) is 29.3 Å². The Morgan fingerprint density at radius 1 is 1.19 bits per heavy atom. The third-order valence-corrected chi connectivity index (χ3v) is 3.30. The van der Waals surface area contributed by atoms with Gasteiger partial charge in [0.15, 0.2) is 0 Å². The van der Waals surface area contributed by atoms with Crippen molar-refractivity contribution in [2.75, 3.05) is 0 Å². The van der Waals surface area contributed by atoms with Crippen LogP contribution in [0, 0.1) is 17.0 Å². The molecule has 0 spiro atoms. The van der Waals surface area contributed by atoms with E-state index >= 15 is 0 Å². The molecule has 0 saturated heterocycles. The number of hydrogen-bond donors (Lipinski definition) is 2. The van der Waals surface area contributed by atoms with Gasteiger partial charge < -0.3 is 5.11 Å². The number of nitrogens with zero attached hydrogens (tertiary/aromatic N) is 2. The lowest BCUT2D eigenvalue weighted by atomic mass is 10.1. The topological polar surface area (TPSA) is 122 Å². The van der Waals surface area contributed by atoms with Gasteiger partial charge in [-0.25, -0.2) is 5.43 Å². The van der Waals surface area contributed by atoms with E-state index in [1.165, 1.54) is 24.4 Å². The Hall–Kier alpha value is -3.81. The quantitative estimate of drug-likeness (QED) is 0.206. The van der Waals surface area contributed by atoms with Crippen LogP contribution in [0.5, 0.6) is 0 Å². The second-order valence-corrected chi connectivity index (χ2v) is 5.31. The normalized spacial score (nSPS) is 11.3. The van der Waals surface area contributed by atoms with Gasteiger partial charge in [-0.15, -0.1) is 0 Å². The van der Waals surface area contributed by atoms with Gasteiger partial charge in [-0.05, 0) is 6.92 Å². The molecule has 0 unspecified atom stereocenters. The van der Waals surface area contributed by atoms with Gasteiger partial charge in [0.05, 0.1) is 11.1 Å². The fourth-order valence-corrected chi connectivity index (χ4v) is 1.94. The third kappa shape index (κ3) is 5.10. The first kappa shape index (κ1) is 18.5. The second-order valence-electron chi connectivity index (χ2n) is 5.31. The number of carbonyl (C=O) groups is 2. The van der Waals surface area contributed by atoms with E-state index in [-0.39, 0.29) is 11.4 Å². The van der Waals surface area contributed by atoms with Gasteiger partial charge in [-0.1, -0.05) is 42.0 Å². The number of nitro benzene ring substituents is 1. The number of hydrazone groups is 1. The van der Waals surface area contributed by atoms with E-state index < -0.39 is 16.6 Å². The highest BCUT2D eigenvalue weighted by Gasteiger charge is 2.12. The molecule has 0 radical (unpaired) electrons. The van der Waals surface area contributed by atoms with Gasteiger partial charge in [0.2, 0.25) is 5.78 Å². The van der Waals surface area contributed by atoms with Crippen LogP contribution in [0.4, 0.5) is 5.69 Å². The molecule has 0 aliphatic heterocycles. The van der Waals surface area contributed by atoms with Gasteiger partial charge in [0.1, 0.15) is 5.76 Å². The molecule has 0 aromatic heterocycles. The Bertz CT molecular complexity index is 901. The zero-order valence-corrected chi connectivity index (χ0v) is 13.7. The summed E-state index contributed by atoms with van der Waals surface area (Å²) >= 11 is 0. The van der Waals surface area contributed by atoms with Crippen LogP contribution in [0.3, 0.4) is 0 Å². The summed E-state index contributed by atoms with van der Waals surface area (Å²) in [4.78, 5) is 33.6. The van der Waals surface area contributed by atoms with Crippen molar-refractivity contribution in [2.24, 2.45) is 5.10 Å². The number of aliphatic hydroxyl groups excluding tert-OH is 1. The van der Waals surface area contributed by atoms with Crippen molar-refractivity contribution in [1.29, 1.82) is 0 Å². The van der Waals surface area contributed by atoms with Crippen molar-refractivity contribution in [3.05, 3.63) is 81.4 Å². The average Bonchev–Trinajstić information content (AvgIpc) is 2.62. The number of rotatable bonds is 6. The van der Waals surface area contributed by atoms with Crippen LogP contribution >= 0.6 is 0 Å². The van der Waals surface area contributed by atoms with Gasteiger partial charge >= 0.3 is 5.91 Å². The summed E-state index contributed by atoms with van der Waals surface area (Å²) in [5.41, 5.74) is 3.64. The zero-order valence-electron chi connectivity index (χ0n) is 13.7. The van der Waals surface area contributed by atoms with Crippen LogP contribution in [0.1, 0.15) is 16.7 Å². The molecule has 0 aliphatic carbocycles. The monoisotopic (exact) mass is 353 g/mol. The highest BCUT2D eigenvalue weighted by molar-refractivity contribution is 6.41. The van der Waals surface area contributed by atoms with Crippen molar-refractivity contribution < 1.29 is 19.6 Å². The standard InChI is InChI=1S/C18H15N3O5/c1-12-5-7-14(8-6-12)16(22)10-17(23)18(24)20-19-11-13-3-2-4-15(9-13)21(25)26/h2-11,22H,1H3,(H,20,24)/b16-10-,19-11+. The van der Waals surface area contributed by atoms with Crippen molar-refractivity contribution in [2.45, 2.75) is 6.92 Å². The molecule has 8 nitrogen and oxygen atoms in total. The molecule has 0 saturated carbocycles. The van der Waals surface area contributed by atoms with Gasteiger partial charge in [-0.2, -0.15) is 5.10 Å². The molecule has 132 valence electrons. The van der Waals surface area contributed by atoms with Crippen LogP contribution in [0.25, 0.3) is 5.76 Å². The fourth-order valence-electron chi connectivity index (χ4n) is 1.94. The lowest BCUT2D eigenvalue weighted by Crippen LogP contribution is -2.25. The van der Waals surface area contributed by atoms with Crippen LogP contribution in [-0.4, -0.2) is 27.9 Å². The molecule has 2 rings (SSSR count). The maximum atomic E-state index is 11.8. The number of nitro groups is 1. The molecule has 0 aliphatic rings. The molecule has 26 heavy (non-hydrogen) atoms. The number of aryl methyl sites for hydroxylation is 1. The number of aliphatic hydroxyl groups is 1. The minimum absolute atomic E-state index is 0.123. The van der Waals surface area contributed by atoms with Crippen LogP contribution in [0.15, 0.2) is 59.7 Å². The molecule has 2 N–H and O–H groups in total. The maximum Gasteiger partial charge on any atom is 0.311 e. The largest absolute Gasteiger partial charge is 0.507 e. The molecule has 0 fully saturated rings. The smallest absolute Gasteiger partial charge is 0.311 e. The SMILES string of the molecule is Cc1ccc(/C(O)=C/C(=O)C(=O)N/N=C/c2cccc([N+](=O)[O-])c2)cc1. The van der Waals surface area contributed by atoms with Crippen LogP contribution in [-0.2, 0) is 9.59 Å². The van der Waals surface area contributed by atoms with Gasteiger partial charge in [0.25, 0.3) is 5.69 Å². The van der Waals surface area contributed by atoms with E-state index in [2.05, 4.69) is 5.10 Å². The zero-order chi connectivity index (χ0) is 19.1. The van der Waals surface area contributed by atoms with E-state index in [9.17, 15) is 24.8 Å². The summed E-state index contributed by atoms with van der Waals surface area (Å²) in [6.45, 7) is 1.88. The predicted octanol–water partition coefficient (Wildman–Crippen LogP) is 2.52. The summed E-state index contributed by atoms with van der Waals surface area (Å²) in [6, 6.07) is 12.3. The van der Waals surface area contributed by atoms with E-state index in [0.29, 0.717) is 11.1 Å². The summed E-state index contributed by atoms with van der Waals surface area (Å²) in [6.07, 6.45) is 1.96. The molecule has 0 atom stereocenters. The number of hydrogen-bond acceptors (Lipinski definition) is 6. The molecular formula is C18H15N3O5. The number of nitrogens with one attached hydrogen (secondary N) is 1. The summed E-state index contributed by atoms with van der Waals surface area (Å²) in [5, 5.41) is 24.1. The number of benzene rings is 2.